The van der Waals surface area contributed by atoms with Crippen LogP contribution in [-0.2, 0) is 5.41 Å². The predicted molar refractivity (Wildman–Crippen MR) is 111 cm³/mol. The molecule has 0 unspecified atom stereocenters. The van der Waals surface area contributed by atoms with Gasteiger partial charge >= 0.3 is 1.80 Å². The lowest BCUT2D eigenvalue weighted by Gasteiger charge is -2.21. The minimum absolute atomic E-state index is 0.119. The third-order valence-corrected chi connectivity index (χ3v) is 4.85. The van der Waals surface area contributed by atoms with Crippen molar-refractivity contribution in [1.82, 2.24) is 4.98 Å². The van der Waals surface area contributed by atoms with Crippen LogP contribution in [0.3, 0.4) is 0 Å². The first-order valence-corrected chi connectivity index (χ1v) is 9.69. The van der Waals surface area contributed by atoms with Gasteiger partial charge in [-0.05, 0) is 45.2 Å². The normalized spacial score (nSPS) is 16.6. The summed E-state index contributed by atoms with van der Waals surface area (Å²) in [6.45, 7) is 10.3. The molecule has 0 aliphatic carbocycles. The van der Waals surface area contributed by atoms with Crippen LogP contribution in [0.2, 0.25) is 0 Å². The van der Waals surface area contributed by atoms with E-state index in [-0.39, 0.29) is 5.41 Å². The number of hydrogen-bond donors (Lipinski definition) is 0. The number of alkyl halides is 2. The third-order valence-electron chi connectivity index (χ3n) is 2.46. The van der Waals surface area contributed by atoms with Gasteiger partial charge in [0.15, 0.2) is 11.5 Å². The van der Waals surface area contributed by atoms with E-state index in [1.807, 2.05) is 0 Å². The second kappa shape index (κ2) is 5.56. The summed E-state index contributed by atoms with van der Waals surface area (Å²) in [5, 5.41) is 0. The molecule has 19 heavy (non-hydrogen) atoms. The monoisotopic (exact) mass is 709 g/mol. The van der Waals surface area contributed by atoms with Gasteiger partial charge in [0.25, 0.3) is 0 Å². The molecule has 1 aliphatic heterocycles. The van der Waals surface area contributed by atoms with Crippen molar-refractivity contribution in [2.24, 2.45) is 0 Å². The van der Waals surface area contributed by atoms with E-state index in [4.69, 9.17) is 14.5 Å². The van der Waals surface area contributed by atoms with Crippen LogP contribution in [0.5, 0.6) is 11.5 Å². The molecular formula is C12H11I4NO2. The number of ether oxygens (including phenoxy) is 2. The Balaban J connectivity index is 2.75. The van der Waals surface area contributed by atoms with E-state index in [0.29, 0.717) is 0 Å². The fourth-order valence-corrected chi connectivity index (χ4v) is 4.25. The first-order chi connectivity index (χ1) is 8.53. The van der Waals surface area contributed by atoms with Crippen LogP contribution >= 0.6 is 90.4 Å². The highest BCUT2D eigenvalue weighted by molar-refractivity contribution is 14.2. The number of aromatic nitrogens is 1. The molecule has 0 saturated heterocycles. The van der Waals surface area contributed by atoms with E-state index in [1.165, 1.54) is 0 Å². The van der Waals surface area contributed by atoms with E-state index < -0.39 is 1.80 Å². The Kier molecular flexibility index (Phi) is 4.91. The van der Waals surface area contributed by atoms with Crippen LogP contribution in [0.25, 0.3) is 3.58 Å². The van der Waals surface area contributed by atoms with Gasteiger partial charge in [-0.25, -0.2) is 4.98 Å². The molecule has 2 rings (SSSR count). The standard InChI is InChI=1S/C12H11I4NO2/c1-5(13)7-6(14)8-9(19-12(15,16)18-8)10(17-7)11(2,3)4/h1H2,2-4H3. The van der Waals surface area contributed by atoms with Gasteiger partial charge < -0.3 is 9.47 Å². The molecule has 0 amide bonds. The Bertz CT molecular complexity index is 564. The summed E-state index contributed by atoms with van der Waals surface area (Å²) >= 11 is 8.71. The van der Waals surface area contributed by atoms with Crippen molar-refractivity contribution in [1.29, 1.82) is 0 Å². The summed E-state index contributed by atoms with van der Waals surface area (Å²) in [4.78, 5) is 4.75. The molecule has 7 heteroatoms. The Morgan fingerprint density at radius 1 is 1.21 bits per heavy atom. The van der Waals surface area contributed by atoms with Crippen molar-refractivity contribution in [3.05, 3.63) is 21.5 Å². The van der Waals surface area contributed by atoms with Crippen LogP contribution in [0.15, 0.2) is 6.58 Å². The zero-order valence-electron chi connectivity index (χ0n) is 10.5. The number of halogens is 4. The van der Waals surface area contributed by atoms with Crippen molar-refractivity contribution in [3.63, 3.8) is 0 Å². The quantitative estimate of drug-likeness (QED) is 0.280. The summed E-state index contributed by atoms with van der Waals surface area (Å²) < 4.78 is 13.0. The number of rotatable bonds is 1. The zero-order valence-corrected chi connectivity index (χ0v) is 19.1. The number of fused-ring (bicyclic) bond motifs is 1. The minimum Gasteiger partial charge on any atom is -0.431 e. The zero-order chi connectivity index (χ0) is 14.6. The van der Waals surface area contributed by atoms with Gasteiger partial charge in [0, 0.05) is 54.2 Å². The van der Waals surface area contributed by atoms with Gasteiger partial charge in [0.2, 0.25) is 0 Å². The first-order valence-electron chi connectivity index (χ1n) is 5.37. The smallest absolute Gasteiger partial charge is 0.355 e. The SMILES string of the molecule is C=C(I)c1nc(C(C)(C)C)c2c(c1I)OC(I)(I)O2. The molecular weight excluding hydrogens is 698 g/mol. The van der Waals surface area contributed by atoms with E-state index in [2.05, 4.69) is 118 Å². The maximum absolute atomic E-state index is 5.92. The number of hydrogen-bond acceptors (Lipinski definition) is 3. The molecule has 3 nitrogen and oxygen atoms in total. The van der Waals surface area contributed by atoms with E-state index in [0.717, 1.165) is 30.0 Å². The van der Waals surface area contributed by atoms with Crippen LogP contribution in [-0.4, -0.2) is 6.78 Å². The average molecular weight is 709 g/mol. The number of pyridine rings is 1. The number of nitrogens with zero attached hydrogens (tertiary/aromatic N) is 1. The van der Waals surface area contributed by atoms with Gasteiger partial charge in [-0.1, -0.05) is 27.4 Å². The van der Waals surface area contributed by atoms with E-state index in [9.17, 15) is 0 Å². The molecule has 0 fully saturated rings. The third kappa shape index (κ3) is 3.43. The molecule has 1 aliphatic rings. The minimum atomic E-state index is -0.704. The van der Waals surface area contributed by atoms with Gasteiger partial charge in [-0.2, -0.15) is 0 Å². The van der Waals surface area contributed by atoms with E-state index in [1.54, 1.807) is 0 Å². The predicted octanol–water partition coefficient (Wildman–Crippen LogP) is 5.64. The van der Waals surface area contributed by atoms with Gasteiger partial charge in [-0.3, -0.25) is 0 Å². The highest BCUT2D eigenvalue weighted by atomic mass is 127. The molecule has 0 aromatic carbocycles. The maximum atomic E-state index is 5.92. The first kappa shape index (κ1) is 16.8. The Hall–Kier alpha value is 1.41. The summed E-state index contributed by atoms with van der Waals surface area (Å²) in [7, 11) is 0. The lowest BCUT2D eigenvalue weighted by Crippen LogP contribution is -2.22. The molecule has 2 heterocycles. The highest BCUT2D eigenvalue weighted by Gasteiger charge is 2.42. The molecule has 0 atom stereocenters. The summed E-state index contributed by atoms with van der Waals surface area (Å²) in [6.07, 6.45) is 0. The topological polar surface area (TPSA) is 31.4 Å². The molecule has 0 bridgehead atoms. The molecule has 1 aromatic heterocycles. The molecule has 0 spiro atoms. The fourth-order valence-electron chi connectivity index (χ4n) is 1.66. The molecule has 104 valence electrons. The summed E-state index contributed by atoms with van der Waals surface area (Å²) in [5.74, 6) is 1.53. The highest BCUT2D eigenvalue weighted by Crippen LogP contribution is 2.53. The second-order valence-electron chi connectivity index (χ2n) is 5.10. The van der Waals surface area contributed by atoms with Gasteiger partial charge in [0.05, 0.1) is 15.0 Å². The van der Waals surface area contributed by atoms with Crippen LogP contribution < -0.4 is 9.47 Å². The second-order valence-corrected chi connectivity index (χ2v) is 12.4. The van der Waals surface area contributed by atoms with Gasteiger partial charge in [0.1, 0.15) is 0 Å². The van der Waals surface area contributed by atoms with Gasteiger partial charge in [-0.15, -0.1) is 0 Å². The fraction of sp³-hybridized carbons (Fsp3) is 0.417. The van der Waals surface area contributed by atoms with Crippen molar-refractivity contribution in [2.45, 2.75) is 28.0 Å². The van der Waals surface area contributed by atoms with Crippen LogP contribution in [0.4, 0.5) is 0 Å². The molecule has 0 saturated carbocycles. The largest absolute Gasteiger partial charge is 0.431 e. The Morgan fingerprint density at radius 3 is 2.21 bits per heavy atom. The molecule has 1 aromatic rings. The lowest BCUT2D eigenvalue weighted by atomic mass is 9.90. The van der Waals surface area contributed by atoms with Crippen molar-refractivity contribution in [3.8, 4) is 11.5 Å². The summed E-state index contributed by atoms with van der Waals surface area (Å²) in [6, 6.07) is 0. The molecule has 0 radical (unpaired) electrons. The van der Waals surface area contributed by atoms with Crippen molar-refractivity contribution in [2.75, 3.05) is 0 Å². The van der Waals surface area contributed by atoms with E-state index >= 15 is 0 Å². The van der Waals surface area contributed by atoms with Crippen LogP contribution in [0.1, 0.15) is 32.2 Å². The summed E-state index contributed by atoms with van der Waals surface area (Å²) in [5.41, 5.74) is 1.66. The van der Waals surface area contributed by atoms with Crippen molar-refractivity contribution >= 4 is 93.9 Å². The van der Waals surface area contributed by atoms with Crippen molar-refractivity contribution < 1.29 is 9.47 Å². The Morgan fingerprint density at radius 2 is 1.74 bits per heavy atom. The molecule has 0 N–H and O–H groups in total. The Labute approximate surface area is 167 Å². The lowest BCUT2D eigenvalue weighted by molar-refractivity contribution is 0.134. The van der Waals surface area contributed by atoms with Crippen LogP contribution in [0, 0.1) is 3.57 Å². The average Bonchev–Trinajstić information content (AvgIpc) is 2.52. The maximum Gasteiger partial charge on any atom is 0.355 e.